The predicted octanol–water partition coefficient (Wildman–Crippen LogP) is 9.28. The van der Waals surface area contributed by atoms with E-state index in [9.17, 15) is 29.4 Å². The number of carbonyl (C=O) groups excluding carboxylic acids is 4. The largest absolute Gasteiger partial charge is 0.488 e. The van der Waals surface area contributed by atoms with Gasteiger partial charge in [-0.05, 0) is 84.1 Å². The van der Waals surface area contributed by atoms with Crippen molar-refractivity contribution in [2.24, 2.45) is 0 Å². The van der Waals surface area contributed by atoms with Crippen molar-refractivity contribution in [3.63, 3.8) is 0 Å². The van der Waals surface area contributed by atoms with Crippen LogP contribution < -0.4 is 19.3 Å². The van der Waals surface area contributed by atoms with Gasteiger partial charge in [-0.1, -0.05) is 108 Å². The van der Waals surface area contributed by atoms with Gasteiger partial charge < -0.3 is 29.2 Å². The van der Waals surface area contributed by atoms with Crippen LogP contribution in [0.4, 0.5) is 11.4 Å². The Hall–Kier alpha value is -6.70. The van der Waals surface area contributed by atoms with Gasteiger partial charge in [0.1, 0.15) is 24.7 Å². The first-order chi connectivity index (χ1) is 31.0. The molecule has 8 rings (SSSR count). The van der Waals surface area contributed by atoms with Crippen LogP contribution in [0.5, 0.6) is 11.5 Å². The minimum absolute atomic E-state index is 0.101. The van der Waals surface area contributed by atoms with Crippen LogP contribution >= 0.6 is 23.2 Å². The first-order valence-electron chi connectivity index (χ1n) is 20.6. The standard InChI is InChI=1S/C50H42Cl2N2O10/c1-2-61-50(60)36(33-15-19-35(20-16-33)54-47(57)43-38(52)22-24-40(45(43)49(54)59)64-29-32-11-7-4-8-12-32)25-26-62-41(55)27-30-13-17-34(18-14-30)53-46(56)42-37(51)21-23-39(44(42)48(53)58)63-28-31-9-5-3-6-10-31/h3-24,36,47-48,57-58H,2,25-29H2,1H3. The number of rotatable bonds is 16. The average Bonchev–Trinajstić information content (AvgIpc) is 3.74. The molecule has 2 aliphatic heterocycles. The zero-order chi connectivity index (χ0) is 44.9. The van der Waals surface area contributed by atoms with E-state index in [2.05, 4.69) is 0 Å². The minimum atomic E-state index is -1.39. The lowest BCUT2D eigenvalue weighted by Gasteiger charge is -2.22. The molecule has 2 N–H and O–H groups in total. The molecule has 64 heavy (non-hydrogen) atoms. The van der Waals surface area contributed by atoms with E-state index >= 15 is 0 Å². The summed E-state index contributed by atoms with van der Waals surface area (Å²) in [5.41, 5.74) is 4.53. The molecule has 3 atom stereocenters. The van der Waals surface area contributed by atoms with Crippen molar-refractivity contribution in [1.29, 1.82) is 0 Å². The molecule has 2 aliphatic rings. The number of aliphatic hydroxyl groups is 2. The first kappa shape index (κ1) is 43.9. The molecule has 3 unspecified atom stereocenters. The van der Waals surface area contributed by atoms with Crippen molar-refractivity contribution in [2.75, 3.05) is 23.0 Å². The summed E-state index contributed by atoms with van der Waals surface area (Å²) in [6.07, 6.45) is -2.75. The summed E-state index contributed by atoms with van der Waals surface area (Å²) < 4.78 is 22.9. The highest BCUT2D eigenvalue weighted by Gasteiger charge is 2.42. The molecule has 0 radical (unpaired) electrons. The molecular weight excluding hydrogens is 859 g/mol. The van der Waals surface area contributed by atoms with E-state index in [0.29, 0.717) is 28.3 Å². The number of fused-ring (bicyclic) bond motifs is 2. The van der Waals surface area contributed by atoms with Gasteiger partial charge in [-0.2, -0.15) is 0 Å². The number of benzene rings is 6. The molecule has 14 heteroatoms. The summed E-state index contributed by atoms with van der Waals surface area (Å²) in [6.45, 7) is 2.16. The maximum atomic E-state index is 13.8. The minimum Gasteiger partial charge on any atom is -0.488 e. The molecule has 2 heterocycles. The van der Waals surface area contributed by atoms with Gasteiger partial charge >= 0.3 is 11.9 Å². The zero-order valence-corrected chi connectivity index (χ0v) is 36.0. The quantitative estimate of drug-likeness (QED) is 0.0900. The summed E-state index contributed by atoms with van der Waals surface area (Å²) in [4.78, 5) is 56.0. The lowest BCUT2D eigenvalue weighted by molar-refractivity contribution is -0.148. The van der Waals surface area contributed by atoms with Gasteiger partial charge in [0.25, 0.3) is 11.8 Å². The van der Waals surface area contributed by atoms with E-state index in [1.165, 1.54) is 9.80 Å². The number of esters is 2. The fourth-order valence-electron chi connectivity index (χ4n) is 7.86. The fraction of sp³-hybridized carbons (Fsp3) is 0.200. The molecule has 6 aromatic rings. The number of ether oxygens (including phenoxy) is 4. The number of hydrogen-bond acceptors (Lipinski definition) is 10. The molecule has 0 aliphatic carbocycles. The number of amides is 2. The Morgan fingerprint density at radius 1 is 0.609 bits per heavy atom. The van der Waals surface area contributed by atoms with Gasteiger partial charge in [0.15, 0.2) is 12.5 Å². The predicted molar refractivity (Wildman–Crippen MR) is 240 cm³/mol. The Labute approximate surface area is 379 Å². The van der Waals surface area contributed by atoms with E-state index in [0.717, 1.165) is 11.1 Å². The van der Waals surface area contributed by atoms with Gasteiger partial charge in [0.2, 0.25) is 0 Å². The van der Waals surface area contributed by atoms with Gasteiger partial charge in [-0.15, -0.1) is 0 Å². The maximum Gasteiger partial charge on any atom is 0.313 e. The van der Waals surface area contributed by atoms with Gasteiger partial charge in [0, 0.05) is 22.0 Å². The zero-order valence-electron chi connectivity index (χ0n) is 34.5. The Balaban J connectivity index is 0.887. The van der Waals surface area contributed by atoms with Crippen molar-refractivity contribution in [1.82, 2.24) is 0 Å². The van der Waals surface area contributed by atoms with E-state index in [1.807, 2.05) is 60.7 Å². The highest BCUT2D eigenvalue weighted by Crippen LogP contribution is 2.46. The average molecular weight is 902 g/mol. The van der Waals surface area contributed by atoms with Crippen molar-refractivity contribution < 1.29 is 48.3 Å². The van der Waals surface area contributed by atoms with Crippen LogP contribution in [0.15, 0.2) is 133 Å². The monoisotopic (exact) mass is 900 g/mol. The van der Waals surface area contributed by atoms with Crippen LogP contribution in [0.1, 0.15) is 85.8 Å². The second-order valence-electron chi connectivity index (χ2n) is 15.1. The van der Waals surface area contributed by atoms with Gasteiger partial charge in [-0.25, -0.2) is 0 Å². The number of carbonyl (C=O) groups is 4. The molecular formula is C50H42Cl2N2O10. The summed E-state index contributed by atoms with van der Waals surface area (Å²) in [6, 6.07) is 38.4. The molecule has 12 nitrogen and oxygen atoms in total. The number of nitrogens with zero attached hydrogens (tertiary/aromatic N) is 2. The highest BCUT2D eigenvalue weighted by atomic mass is 35.5. The summed E-state index contributed by atoms with van der Waals surface area (Å²) in [5.74, 6) is -2.24. The Bertz CT molecular complexity index is 2680. The van der Waals surface area contributed by atoms with Gasteiger partial charge in [-0.3, -0.25) is 29.0 Å². The molecule has 0 spiro atoms. The van der Waals surface area contributed by atoms with E-state index in [1.54, 1.807) is 79.7 Å². The fourth-order valence-corrected chi connectivity index (χ4v) is 8.36. The third-order valence-corrected chi connectivity index (χ3v) is 11.7. The summed E-state index contributed by atoms with van der Waals surface area (Å²) >= 11 is 12.9. The van der Waals surface area contributed by atoms with E-state index in [-0.39, 0.29) is 77.3 Å². The third-order valence-electron chi connectivity index (χ3n) is 11.0. The Morgan fingerprint density at radius 2 is 1.14 bits per heavy atom. The molecule has 6 aromatic carbocycles. The molecule has 326 valence electrons. The van der Waals surface area contributed by atoms with Crippen molar-refractivity contribution in [3.05, 3.63) is 188 Å². The topological polar surface area (TPSA) is 152 Å². The highest BCUT2D eigenvalue weighted by molar-refractivity contribution is 6.35. The maximum absolute atomic E-state index is 13.8. The number of hydrogen-bond donors (Lipinski definition) is 2. The number of aliphatic hydroxyl groups excluding tert-OH is 2. The van der Waals surface area contributed by atoms with Crippen molar-refractivity contribution in [2.45, 2.75) is 51.4 Å². The third kappa shape index (κ3) is 9.04. The summed E-state index contributed by atoms with van der Waals surface area (Å²) in [5, 5.41) is 23.1. The Kier molecular flexibility index (Phi) is 13.3. The molecule has 0 fully saturated rings. The van der Waals surface area contributed by atoms with Crippen molar-refractivity contribution in [3.8, 4) is 11.5 Å². The number of halogens is 2. The SMILES string of the molecule is CCOC(=O)C(CCOC(=O)Cc1ccc(N2C(=O)c3c(Cl)ccc(OCc4ccccc4)c3C2O)cc1)c1ccc(N2C(=O)c3c(OCc4ccccc4)ccc(Cl)c3C2O)cc1. The summed E-state index contributed by atoms with van der Waals surface area (Å²) in [7, 11) is 0. The van der Waals surface area contributed by atoms with Gasteiger partial charge in [0.05, 0.1) is 47.3 Å². The van der Waals surface area contributed by atoms with Crippen LogP contribution in [0.25, 0.3) is 0 Å². The normalized spacial score (nSPS) is 15.7. The molecule has 0 saturated carbocycles. The van der Waals surface area contributed by atoms with Crippen LogP contribution in [0.2, 0.25) is 10.0 Å². The smallest absolute Gasteiger partial charge is 0.313 e. The van der Waals surface area contributed by atoms with E-state index < -0.39 is 42.1 Å². The second-order valence-corrected chi connectivity index (χ2v) is 15.9. The molecule has 0 bridgehead atoms. The second kappa shape index (κ2) is 19.4. The van der Waals surface area contributed by atoms with Crippen LogP contribution in [-0.2, 0) is 38.7 Å². The lowest BCUT2D eigenvalue weighted by atomic mass is 9.95. The van der Waals surface area contributed by atoms with E-state index in [4.69, 9.17) is 42.1 Å². The van der Waals surface area contributed by atoms with Crippen molar-refractivity contribution >= 4 is 58.3 Å². The molecule has 0 saturated heterocycles. The van der Waals surface area contributed by atoms with Crippen LogP contribution in [0, 0.1) is 0 Å². The van der Waals surface area contributed by atoms with Crippen LogP contribution in [0.3, 0.4) is 0 Å². The molecule has 2 amide bonds. The molecule has 0 aromatic heterocycles. The lowest BCUT2D eigenvalue weighted by Crippen LogP contribution is -2.27. The van der Waals surface area contributed by atoms with Crippen LogP contribution in [-0.4, -0.2) is 47.2 Å². The first-order valence-corrected chi connectivity index (χ1v) is 21.3. The Morgan fingerprint density at radius 3 is 1.75 bits per heavy atom. The number of anilines is 2.